The third-order valence-corrected chi connectivity index (χ3v) is 2.50. The lowest BCUT2D eigenvalue weighted by Gasteiger charge is -2.10. The summed E-state index contributed by atoms with van der Waals surface area (Å²) in [5.74, 6) is -1.90. The topological polar surface area (TPSA) is 43.4 Å². The van der Waals surface area contributed by atoms with E-state index < -0.39 is 17.9 Å². The van der Waals surface area contributed by atoms with Crippen LogP contribution in [0.5, 0.6) is 0 Å². The van der Waals surface area contributed by atoms with Gasteiger partial charge < -0.3 is 4.74 Å². The molecule has 80 valence electrons. The van der Waals surface area contributed by atoms with E-state index in [1.165, 1.54) is 0 Å². The quantitative estimate of drug-likeness (QED) is 0.514. The molecule has 0 aromatic heterocycles. The van der Waals surface area contributed by atoms with Crippen LogP contribution in [0.15, 0.2) is 0 Å². The first-order valence-corrected chi connectivity index (χ1v) is 5.01. The van der Waals surface area contributed by atoms with E-state index in [2.05, 4.69) is 4.74 Å². The van der Waals surface area contributed by atoms with Crippen molar-refractivity contribution in [1.82, 2.24) is 0 Å². The average Bonchev–Trinajstić information content (AvgIpc) is 2.68. The van der Waals surface area contributed by atoms with Gasteiger partial charge in [0.25, 0.3) is 6.17 Å². The summed E-state index contributed by atoms with van der Waals surface area (Å²) in [6, 6.07) is 0. The molecule has 1 unspecified atom stereocenters. The van der Waals surface area contributed by atoms with Crippen molar-refractivity contribution in [3.8, 4) is 0 Å². The van der Waals surface area contributed by atoms with Crippen LogP contribution >= 0.6 is 0 Å². The number of carbonyl (C=O) groups excluding carboxylic acids is 2. The Kier molecular flexibility index (Phi) is 4.04. The second-order valence-corrected chi connectivity index (χ2v) is 3.50. The van der Waals surface area contributed by atoms with Gasteiger partial charge in [-0.1, -0.05) is 12.8 Å². The molecule has 0 bridgehead atoms. The molecule has 1 aliphatic rings. The van der Waals surface area contributed by atoms with Gasteiger partial charge in [-0.25, -0.2) is 9.18 Å². The smallest absolute Gasteiger partial charge is 0.348 e. The lowest BCUT2D eigenvalue weighted by molar-refractivity contribution is -0.153. The standard InChI is InChI=1S/C10H15FO3/c1-2-14-10(13)8(11)9(12)7-5-3-4-6-7/h7-8H,2-6H2,1H3. The highest BCUT2D eigenvalue weighted by Crippen LogP contribution is 2.27. The van der Waals surface area contributed by atoms with Crippen LogP contribution in [-0.4, -0.2) is 24.5 Å². The number of hydrogen-bond donors (Lipinski definition) is 0. The van der Waals surface area contributed by atoms with Gasteiger partial charge >= 0.3 is 5.97 Å². The van der Waals surface area contributed by atoms with Gasteiger partial charge in [-0.15, -0.1) is 0 Å². The van der Waals surface area contributed by atoms with E-state index in [1.807, 2.05) is 0 Å². The minimum atomic E-state index is -2.07. The van der Waals surface area contributed by atoms with Gasteiger partial charge in [-0.05, 0) is 19.8 Å². The minimum absolute atomic E-state index is 0.108. The van der Waals surface area contributed by atoms with E-state index in [0.29, 0.717) is 12.8 Å². The van der Waals surface area contributed by atoms with E-state index in [-0.39, 0.29) is 12.5 Å². The molecule has 0 heterocycles. The Morgan fingerprint density at radius 1 is 1.43 bits per heavy atom. The van der Waals surface area contributed by atoms with Crippen molar-refractivity contribution < 1.29 is 18.7 Å². The van der Waals surface area contributed by atoms with Crippen LogP contribution in [-0.2, 0) is 14.3 Å². The minimum Gasteiger partial charge on any atom is -0.463 e. The van der Waals surface area contributed by atoms with E-state index in [1.54, 1.807) is 6.92 Å². The molecule has 1 rings (SSSR count). The summed E-state index contributed by atoms with van der Waals surface area (Å²) in [5, 5.41) is 0. The van der Waals surface area contributed by atoms with Gasteiger partial charge in [0.15, 0.2) is 5.78 Å². The highest BCUT2D eigenvalue weighted by molar-refractivity contribution is 6.03. The molecule has 3 nitrogen and oxygen atoms in total. The summed E-state index contributed by atoms with van der Waals surface area (Å²) in [7, 11) is 0. The largest absolute Gasteiger partial charge is 0.463 e. The predicted molar refractivity (Wildman–Crippen MR) is 48.5 cm³/mol. The van der Waals surface area contributed by atoms with Gasteiger partial charge in [0.05, 0.1) is 6.61 Å². The molecule has 1 saturated carbocycles. The number of hydrogen-bond acceptors (Lipinski definition) is 3. The third-order valence-electron chi connectivity index (χ3n) is 2.50. The Morgan fingerprint density at radius 2 is 2.00 bits per heavy atom. The summed E-state index contributed by atoms with van der Waals surface area (Å²) < 4.78 is 17.7. The van der Waals surface area contributed by atoms with Gasteiger partial charge in [-0.2, -0.15) is 0 Å². The summed E-state index contributed by atoms with van der Waals surface area (Å²) in [4.78, 5) is 22.3. The number of Topliss-reactive ketones (excluding diaryl/α,β-unsaturated/α-hetero) is 1. The molecule has 0 spiro atoms. The average molecular weight is 202 g/mol. The Labute approximate surface area is 82.6 Å². The van der Waals surface area contributed by atoms with Crippen molar-refractivity contribution in [2.75, 3.05) is 6.61 Å². The van der Waals surface area contributed by atoms with Crippen molar-refractivity contribution in [3.63, 3.8) is 0 Å². The molecular formula is C10H15FO3. The predicted octanol–water partition coefficient (Wildman–Crippen LogP) is 1.65. The number of alkyl halides is 1. The van der Waals surface area contributed by atoms with Crippen LogP contribution in [0.1, 0.15) is 32.6 Å². The molecule has 14 heavy (non-hydrogen) atoms. The summed E-state index contributed by atoms with van der Waals surface area (Å²) in [6.45, 7) is 1.70. The zero-order valence-corrected chi connectivity index (χ0v) is 8.29. The molecule has 0 radical (unpaired) electrons. The fraction of sp³-hybridized carbons (Fsp3) is 0.800. The number of carbonyl (C=O) groups is 2. The van der Waals surface area contributed by atoms with Crippen LogP contribution in [0.4, 0.5) is 4.39 Å². The second-order valence-electron chi connectivity index (χ2n) is 3.50. The summed E-state index contributed by atoms with van der Waals surface area (Å²) >= 11 is 0. The Hall–Kier alpha value is -0.930. The van der Waals surface area contributed by atoms with Crippen LogP contribution in [0.2, 0.25) is 0 Å². The third kappa shape index (κ3) is 2.53. The maximum atomic E-state index is 13.2. The van der Waals surface area contributed by atoms with E-state index in [4.69, 9.17) is 0 Å². The van der Waals surface area contributed by atoms with Crippen LogP contribution in [0, 0.1) is 5.92 Å². The van der Waals surface area contributed by atoms with E-state index >= 15 is 0 Å². The fourth-order valence-corrected chi connectivity index (χ4v) is 1.75. The van der Waals surface area contributed by atoms with Crippen molar-refractivity contribution >= 4 is 11.8 Å². The van der Waals surface area contributed by atoms with Gasteiger partial charge in [0.1, 0.15) is 0 Å². The summed E-state index contributed by atoms with van der Waals surface area (Å²) in [6.07, 6.45) is 1.24. The van der Waals surface area contributed by atoms with Crippen LogP contribution in [0.25, 0.3) is 0 Å². The van der Waals surface area contributed by atoms with Crippen LogP contribution in [0.3, 0.4) is 0 Å². The molecule has 0 saturated heterocycles. The fourth-order valence-electron chi connectivity index (χ4n) is 1.75. The summed E-state index contributed by atoms with van der Waals surface area (Å²) in [5.41, 5.74) is 0. The van der Waals surface area contributed by atoms with E-state index in [0.717, 1.165) is 12.8 Å². The normalized spacial score (nSPS) is 19.3. The van der Waals surface area contributed by atoms with Crippen molar-refractivity contribution in [2.24, 2.45) is 5.92 Å². The van der Waals surface area contributed by atoms with Gasteiger partial charge in [0, 0.05) is 5.92 Å². The molecule has 4 heteroatoms. The zero-order valence-electron chi connectivity index (χ0n) is 8.29. The number of rotatable bonds is 4. The Morgan fingerprint density at radius 3 is 2.50 bits per heavy atom. The Balaban J connectivity index is 2.46. The highest BCUT2D eigenvalue weighted by atomic mass is 19.1. The monoisotopic (exact) mass is 202 g/mol. The lowest BCUT2D eigenvalue weighted by Crippen LogP contribution is -2.32. The first kappa shape index (κ1) is 11.1. The highest BCUT2D eigenvalue weighted by Gasteiger charge is 2.34. The molecule has 0 N–H and O–H groups in total. The van der Waals surface area contributed by atoms with Gasteiger partial charge in [-0.3, -0.25) is 4.79 Å². The second kappa shape index (κ2) is 5.08. The number of esters is 1. The number of ether oxygens (including phenoxy) is 1. The Bertz CT molecular complexity index is 221. The first-order valence-electron chi connectivity index (χ1n) is 5.01. The number of halogens is 1. The number of ketones is 1. The molecule has 0 aliphatic heterocycles. The molecule has 0 aromatic carbocycles. The lowest BCUT2D eigenvalue weighted by atomic mass is 9.99. The zero-order chi connectivity index (χ0) is 10.6. The molecule has 1 atom stereocenters. The molecule has 1 fully saturated rings. The SMILES string of the molecule is CCOC(=O)C(F)C(=O)C1CCCC1. The maximum absolute atomic E-state index is 13.2. The van der Waals surface area contributed by atoms with Gasteiger partial charge in [0.2, 0.25) is 0 Å². The first-order chi connectivity index (χ1) is 6.66. The van der Waals surface area contributed by atoms with E-state index in [9.17, 15) is 14.0 Å². The molecule has 0 amide bonds. The molecular weight excluding hydrogens is 187 g/mol. The maximum Gasteiger partial charge on any atom is 0.348 e. The van der Waals surface area contributed by atoms with Crippen molar-refractivity contribution in [2.45, 2.75) is 38.8 Å². The molecule has 0 aromatic rings. The van der Waals surface area contributed by atoms with Crippen LogP contribution < -0.4 is 0 Å². The molecule has 1 aliphatic carbocycles. The van der Waals surface area contributed by atoms with Crippen molar-refractivity contribution in [1.29, 1.82) is 0 Å². The van der Waals surface area contributed by atoms with Crippen molar-refractivity contribution in [3.05, 3.63) is 0 Å².